The van der Waals surface area contributed by atoms with E-state index in [4.69, 9.17) is 5.73 Å². The van der Waals surface area contributed by atoms with Crippen molar-refractivity contribution in [3.05, 3.63) is 64.2 Å². The van der Waals surface area contributed by atoms with Crippen LogP contribution in [0.15, 0.2) is 53.1 Å². The Balaban J connectivity index is 1.56. The number of hydrogen-bond donors (Lipinski definition) is 4. The zero-order chi connectivity index (χ0) is 22.0. The Morgan fingerprint density at radius 2 is 2.19 bits per heavy atom. The normalized spacial score (nSPS) is 20.4. The highest BCUT2D eigenvalue weighted by molar-refractivity contribution is 5.84. The number of amides is 1. The second-order valence-corrected chi connectivity index (χ2v) is 8.06. The molecular weight excluding hydrogens is 392 g/mol. The van der Waals surface area contributed by atoms with Crippen LogP contribution in [0.4, 0.5) is 11.5 Å². The van der Waals surface area contributed by atoms with Crippen LogP contribution in [-0.2, 0) is 11.8 Å². The van der Waals surface area contributed by atoms with Gasteiger partial charge in [0.2, 0.25) is 5.91 Å². The molecule has 2 unspecified atom stereocenters. The second-order valence-electron chi connectivity index (χ2n) is 8.06. The highest BCUT2D eigenvalue weighted by atomic mass is 16.2. The Kier molecular flexibility index (Phi) is 5.90. The van der Waals surface area contributed by atoms with Crippen LogP contribution < -0.4 is 27.2 Å². The second kappa shape index (κ2) is 8.77. The van der Waals surface area contributed by atoms with E-state index in [1.54, 1.807) is 13.2 Å². The first kappa shape index (κ1) is 20.9. The molecule has 1 aliphatic carbocycles. The Morgan fingerprint density at radius 1 is 1.35 bits per heavy atom. The van der Waals surface area contributed by atoms with Crippen LogP contribution in [0.3, 0.4) is 0 Å². The summed E-state index contributed by atoms with van der Waals surface area (Å²) < 4.78 is 1.52. The Hall–Kier alpha value is -3.39. The van der Waals surface area contributed by atoms with Crippen LogP contribution in [0.25, 0.3) is 11.3 Å². The fourth-order valence-corrected chi connectivity index (χ4v) is 3.94. The topological polar surface area (TPSA) is 114 Å². The van der Waals surface area contributed by atoms with Crippen molar-refractivity contribution in [3.8, 4) is 11.3 Å². The Bertz CT molecular complexity index is 1110. The highest BCUT2D eigenvalue weighted by Gasteiger charge is 2.23. The summed E-state index contributed by atoms with van der Waals surface area (Å²) in [6, 6.07) is 5.36. The number of carbonyl (C=O) groups is 1. The number of nitrogen functional groups attached to an aromatic ring is 1. The molecule has 1 amide bonds. The van der Waals surface area contributed by atoms with Crippen molar-refractivity contribution in [2.24, 2.45) is 7.05 Å². The van der Waals surface area contributed by atoms with Crippen molar-refractivity contribution >= 4 is 17.4 Å². The monoisotopic (exact) mass is 420 g/mol. The number of anilines is 2. The number of aryl methyl sites for hydroxylation is 1. The van der Waals surface area contributed by atoms with E-state index in [0.717, 1.165) is 36.2 Å². The van der Waals surface area contributed by atoms with Gasteiger partial charge in [-0.15, -0.1) is 0 Å². The van der Waals surface area contributed by atoms with Crippen molar-refractivity contribution < 1.29 is 4.79 Å². The molecule has 2 aliphatic rings. The van der Waals surface area contributed by atoms with Crippen LogP contribution >= 0.6 is 0 Å². The molecule has 31 heavy (non-hydrogen) atoms. The first-order valence-electron chi connectivity index (χ1n) is 10.5. The number of nitrogens with two attached hydrogens (primary N) is 1. The first-order chi connectivity index (χ1) is 14.9. The van der Waals surface area contributed by atoms with Crippen molar-refractivity contribution in [2.75, 3.05) is 17.6 Å². The van der Waals surface area contributed by atoms with Gasteiger partial charge in [0, 0.05) is 30.2 Å². The number of carbonyl (C=O) groups excluding carboxylic acids is 1. The van der Waals surface area contributed by atoms with Gasteiger partial charge in [-0.1, -0.05) is 18.2 Å². The summed E-state index contributed by atoms with van der Waals surface area (Å²) in [5, 5.41) is 9.40. The summed E-state index contributed by atoms with van der Waals surface area (Å²) in [4.78, 5) is 29.7. The van der Waals surface area contributed by atoms with Gasteiger partial charge in [-0.2, -0.15) is 0 Å². The summed E-state index contributed by atoms with van der Waals surface area (Å²) in [5.41, 5.74) is 9.72. The molecule has 0 spiro atoms. The zero-order valence-electron chi connectivity index (χ0n) is 17.8. The maximum absolute atomic E-state index is 12.7. The van der Waals surface area contributed by atoms with E-state index in [9.17, 15) is 9.59 Å². The van der Waals surface area contributed by atoms with Gasteiger partial charge in [0.1, 0.15) is 0 Å². The molecule has 162 valence electrons. The number of benzene rings is 1. The quantitative estimate of drug-likeness (QED) is 0.549. The molecule has 1 aromatic carbocycles. The predicted octanol–water partition coefficient (Wildman–Crippen LogP) is 1.83. The smallest absolute Gasteiger partial charge is 0.293 e. The molecule has 2 heterocycles. The lowest BCUT2D eigenvalue weighted by atomic mass is 10.0. The van der Waals surface area contributed by atoms with Gasteiger partial charge in [0.25, 0.3) is 5.56 Å². The van der Waals surface area contributed by atoms with Gasteiger partial charge in [0.15, 0.2) is 5.82 Å². The van der Waals surface area contributed by atoms with E-state index in [-0.39, 0.29) is 29.4 Å². The number of nitrogens with one attached hydrogen (secondary N) is 3. The van der Waals surface area contributed by atoms with E-state index < -0.39 is 0 Å². The summed E-state index contributed by atoms with van der Waals surface area (Å²) in [5.74, 6) is 0.240. The molecular formula is C23H28N6O2. The van der Waals surface area contributed by atoms with Gasteiger partial charge >= 0.3 is 0 Å². The van der Waals surface area contributed by atoms with Gasteiger partial charge in [-0.05, 0) is 56.5 Å². The van der Waals surface area contributed by atoms with E-state index >= 15 is 0 Å². The summed E-state index contributed by atoms with van der Waals surface area (Å²) in [6.45, 7) is 2.81. The lowest BCUT2D eigenvalue weighted by Crippen LogP contribution is -2.40. The number of allylic oxidation sites excluding steroid dienone is 1. The minimum absolute atomic E-state index is 0.0257. The van der Waals surface area contributed by atoms with E-state index in [1.807, 2.05) is 43.4 Å². The molecule has 1 saturated heterocycles. The van der Waals surface area contributed by atoms with Gasteiger partial charge in [-0.25, -0.2) is 4.98 Å². The maximum atomic E-state index is 12.7. The largest absolute Gasteiger partial charge is 0.398 e. The predicted molar refractivity (Wildman–Crippen MR) is 122 cm³/mol. The summed E-state index contributed by atoms with van der Waals surface area (Å²) in [7, 11) is 1.71. The van der Waals surface area contributed by atoms with Crippen LogP contribution in [-0.4, -0.2) is 34.1 Å². The minimum atomic E-state index is -0.214. The average Bonchev–Trinajstić information content (AvgIpc) is 3.29. The minimum Gasteiger partial charge on any atom is -0.398 e. The summed E-state index contributed by atoms with van der Waals surface area (Å²) in [6.07, 6.45) is 10.1. The van der Waals surface area contributed by atoms with Crippen molar-refractivity contribution in [1.82, 2.24) is 20.2 Å². The third kappa shape index (κ3) is 4.54. The number of rotatable bonds is 5. The molecule has 0 saturated carbocycles. The number of hydrogen-bond acceptors (Lipinski definition) is 6. The molecule has 8 nitrogen and oxygen atoms in total. The summed E-state index contributed by atoms with van der Waals surface area (Å²) >= 11 is 0. The Morgan fingerprint density at radius 3 is 2.97 bits per heavy atom. The van der Waals surface area contributed by atoms with E-state index in [1.165, 1.54) is 4.57 Å². The van der Waals surface area contributed by atoms with Crippen molar-refractivity contribution in [3.63, 3.8) is 0 Å². The van der Waals surface area contributed by atoms with E-state index in [0.29, 0.717) is 17.8 Å². The molecule has 2 aromatic rings. The van der Waals surface area contributed by atoms with E-state index in [2.05, 4.69) is 20.9 Å². The van der Waals surface area contributed by atoms with Crippen LogP contribution in [0, 0.1) is 6.92 Å². The average molecular weight is 421 g/mol. The van der Waals surface area contributed by atoms with Gasteiger partial charge < -0.3 is 26.3 Å². The molecule has 8 heteroatoms. The molecule has 1 aromatic heterocycles. The number of aromatic nitrogens is 2. The fourth-order valence-electron chi connectivity index (χ4n) is 3.94. The van der Waals surface area contributed by atoms with Crippen LogP contribution in [0.1, 0.15) is 24.8 Å². The fraction of sp³-hybridized carbons (Fsp3) is 0.348. The third-order valence-electron chi connectivity index (χ3n) is 5.76. The lowest BCUT2D eigenvalue weighted by molar-refractivity contribution is -0.122. The van der Waals surface area contributed by atoms with Crippen molar-refractivity contribution in [2.45, 2.75) is 38.3 Å². The van der Waals surface area contributed by atoms with Crippen LogP contribution in [0.2, 0.25) is 0 Å². The molecule has 5 N–H and O–H groups in total. The molecule has 4 rings (SSSR count). The molecule has 2 atom stereocenters. The molecule has 1 fully saturated rings. The zero-order valence-corrected chi connectivity index (χ0v) is 17.8. The van der Waals surface area contributed by atoms with Crippen molar-refractivity contribution in [1.29, 1.82) is 0 Å². The lowest BCUT2D eigenvalue weighted by Gasteiger charge is -2.21. The molecule has 0 bridgehead atoms. The maximum Gasteiger partial charge on any atom is 0.293 e. The first-order valence-corrected chi connectivity index (χ1v) is 10.5. The van der Waals surface area contributed by atoms with Crippen LogP contribution in [0.5, 0.6) is 0 Å². The number of nitrogens with zero attached hydrogens (tertiary/aromatic N) is 2. The highest BCUT2D eigenvalue weighted by Crippen LogP contribution is 2.25. The van der Waals surface area contributed by atoms with Gasteiger partial charge in [-0.3, -0.25) is 9.59 Å². The standard InChI is InChI=1S/C23H28N6O2/c1-14-17(8-4-9-18(14)24)20-13-29(2)23(31)21(28-20)26-15-6-3-7-16(12-15)27-22(30)19-10-5-11-25-19/h3-4,7-9,12-13,15,19,25H,5-6,10-11,24H2,1-2H3,(H,26,28)(H,27,30). The molecule has 0 radical (unpaired) electrons. The third-order valence-corrected chi connectivity index (χ3v) is 5.76. The van der Waals surface area contributed by atoms with Gasteiger partial charge in [0.05, 0.1) is 17.8 Å². The molecule has 1 aliphatic heterocycles. The SMILES string of the molecule is Cc1c(N)cccc1-c1cn(C)c(=O)c(NC2C=C(NC(=O)C3CCCN3)C=CC2)n1. The Labute approximate surface area is 181 Å².